The van der Waals surface area contributed by atoms with E-state index < -0.39 is 0 Å². The molecule has 0 unspecified atom stereocenters. The minimum Gasteiger partial charge on any atom is -0.369 e. The Bertz CT molecular complexity index is 832. The van der Waals surface area contributed by atoms with Gasteiger partial charge in [0.1, 0.15) is 17.0 Å². The summed E-state index contributed by atoms with van der Waals surface area (Å²) in [5, 5.41) is 9.36. The van der Waals surface area contributed by atoms with Crippen LogP contribution in [0.1, 0.15) is 26.2 Å². The fourth-order valence-corrected chi connectivity index (χ4v) is 3.54. The third-order valence-corrected chi connectivity index (χ3v) is 4.84. The molecule has 0 saturated carbocycles. The van der Waals surface area contributed by atoms with Crippen LogP contribution in [-0.4, -0.2) is 29.0 Å². The molecule has 0 aliphatic heterocycles. The lowest BCUT2D eigenvalue weighted by molar-refractivity contribution is -0.120. The molecule has 0 radical (unpaired) electrons. The minimum absolute atomic E-state index is 0.0693. The van der Waals surface area contributed by atoms with E-state index in [0.29, 0.717) is 13.0 Å². The van der Waals surface area contributed by atoms with Crippen molar-refractivity contribution in [3.63, 3.8) is 0 Å². The van der Waals surface area contributed by atoms with Crippen LogP contribution < -0.4 is 10.6 Å². The zero-order valence-electron chi connectivity index (χ0n) is 14.3. The number of thiophene rings is 1. The van der Waals surface area contributed by atoms with Gasteiger partial charge in [0.15, 0.2) is 0 Å². The average molecular weight is 354 g/mol. The monoisotopic (exact) mass is 354 g/mol. The van der Waals surface area contributed by atoms with E-state index in [0.717, 1.165) is 46.5 Å². The highest BCUT2D eigenvalue weighted by atomic mass is 32.1. The van der Waals surface area contributed by atoms with Crippen LogP contribution in [0.2, 0.25) is 0 Å². The van der Waals surface area contributed by atoms with E-state index in [1.54, 1.807) is 17.7 Å². The number of anilines is 1. The highest BCUT2D eigenvalue weighted by Crippen LogP contribution is 2.36. The van der Waals surface area contributed by atoms with Crippen molar-refractivity contribution in [2.45, 2.75) is 26.2 Å². The Morgan fingerprint density at radius 2 is 2.00 bits per heavy atom. The van der Waals surface area contributed by atoms with Crippen molar-refractivity contribution < 1.29 is 4.79 Å². The number of benzene rings is 1. The molecule has 2 N–H and O–H groups in total. The first-order valence-corrected chi connectivity index (χ1v) is 9.45. The molecule has 0 fully saturated rings. The van der Waals surface area contributed by atoms with Gasteiger partial charge in [-0.2, -0.15) is 0 Å². The van der Waals surface area contributed by atoms with Crippen LogP contribution in [0.3, 0.4) is 0 Å². The minimum atomic E-state index is 0.0693. The molecule has 1 amide bonds. The maximum absolute atomic E-state index is 11.8. The summed E-state index contributed by atoms with van der Waals surface area (Å²) in [6.07, 6.45) is 4.09. The van der Waals surface area contributed by atoms with Crippen LogP contribution in [0.4, 0.5) is 5.82 Å². The van der Waals surface area contributed by atoms with Crippen LogP contribution >= 0.6 is 11.3 Å². The topological polar surface area (TPSA) is 66.9 Å². The molecule has 130 valence electrons. The predicted octanol–water partition coefficient (Wildman–Crippen LogP) is 4.08. The molecule has 1 aromatic carbocycles. The van der Waals surface area contributed by atoms with Gasteiger partial charge in [0.2, 0.25) is 5.91 Å². The van der Waals surface area contributed by atoms with Gasteiger partial charge < -0.3 is 10.6 Å². The molecule has 3 aromatic rings. The molecule has 0 saturated heterocycles. The van der Waals surface area contributed by atoms with E-state index in [1.807, 2.05) is 18.2 Å². The quantitative estimate of drug-likeness (QED) is 0.598. The number of carbonyl (C=O) groups excluding carboxylic acids is 1. The largest absolute Gasteiger partial charge is 0.369 e. The predicted molar refractivity (Wildman–Crippen MR) is 104 cm³/mol. The molecule has 0 atom stereocenters. The molecule has 5 nitrogen and oxygen atoms in total. The van der Waals surface area contributed by atoms with Crippen molar-refractivity contribution >= 4 is 33.3 Å². The number of amides is 1. The Balaban J connectivity index is 1.72. The lowest BCUT2D eigenvalue weighted by Gasteiger charge is -2.09. The Morgan fingerprint density at radius 1 is 1.16 bits per heavy atom. The number of nitrogens with zero attached hydrogens (tertiary/aromatic N) is 2. The van der Waals surface area contributed by atoms with Crippen LogP contribution in [0.15, 0.2) is 42.0 Å². The van der Waals surface area contributed by atoms with Gasteiger partial charge in [-0.1, -0.05) is 43.7 Å². The van der Waals surface area contributed by atoms with Gasteiger partial charge in [-0.3, -0.25) is 4.79 Å². The van der Waals surface area contributed by atoms with Gasteiger partial charge in [0, 0.05) is 30.5 Å². The molecule has 2 heterocycles. The molecule has 25 heavy (non-hydrogen) atoms. The van der Waals surface area contributed by atoms with Crippen LogP contribution in [0, 0.1) is 0 Å². The van der Waals surface area contributed by atoms with Crippen molar-refractivity contribution in [2.24, 2.45) is 0 Å². The summed E-state index contributed by atoms with van der Waals surface area (Å²) in [5.41, 5.74) is 2.26. The average Bonchev–Trinajstić information content (AvgIpc) is 3.08. The second-order valence-electron chi connectivity index (χ2n) is 5.80. The number of carbonyl (C=O) groups is 1. The molecule has 0 spiro atoms. The molecule has 0 aliphatic carbocycles. The molecule has 0 bridgehead atoms. The summed E-state index contributed by atoms with van der Waals surface area (Å²) >= 11 is 1.61. The first kappa shape index (κ1) is 17.4. The van der Waals surface area contributed by atoms with Crippen molar-refractivity contribution in [1.82, 2.24) is 15.3 Å². The van der Waals surface area contributed by atoms with Gasteiger partial charge in [-0.25, -0.2) is 9.97 Å². The van der Waals surface area contributed by atoms with E-state index in [4.69, 9.17) is 0 Å². The molecular weight excluding hydrogens is 332 g/mol. The van der Waals surface area contributed by atoms with Gasteiger partial charge in [0.25, 0.3) is 0 Å². The summed E-state index contributed by atoms with van der Waals surface area (Å²) in [4.78, 5) is 21.5. The third kappa shape index (κ3) is 4.33. The second-order valence-corrected chi connectivity index (χ2v) is 6.66. The Morgan fingerprint density at radius 3 is 2.80 bits per heavy atom. The zero-order chi connectivity index (χ0) is 17.5. The van der Waals surface area contributed by atoms with E-state index in [9.17, 15) is 4.79 Å². The first-order chi connectivity index (χ1) is 12.3. The van der Waals surface area contributed by atoms with Crippen LogP contribution in [0.5, 0.6) is 0 Å². The second kappa shape index (κ2) is 8.58. The van der Waals surface area contributed by atoms with Gasteiger partial charge in [0.05, 0.1) is 5.39 Å². The number of hydrogen-bond acceptors (Lipinski definition) is 5. The fraction of sp³-hybridized carbons (Fsp3) is 0.316. The highest BCUT2D eigenvalue weighted by molar-refractivity contribution is 7.17. The summed E-state index contributed by atoms with van der Waals surface area (Å²) < 4.78 is 0. The SMILES string of the molecule is CCCCNC(=O)CCNc1ncnc2scc(-c3ccccc3)c12. The fourth-order valence-electron chi connectivity index (χ4n) is 2.63. The maximum atomic E-state index is 11.8. The summed E-state index contributed by atoms with van der Waals surface area (Å²) in [6, 6.07) is 10.2. The van der Waals surface area contributed by atoms with Crippen LogP contribution in [-0.2, 0) is 4.79 Å². The third-order valence-electron chi connectivity index (χ3n) is 3.95. The van der Waals surface area contributed by atoms with Gasteiger partial charge >= 0.3 is 0 Å². The molecule has 6 heteroatoms. The normalized spacial score (nSPS) is 10.8. The number of unbranched alkanes of at least 4 members (excludes halogenated alkanes) is 1. The zero-order valence-corrected chi connectivity index (χ0v) is 15.1. The summed E-state index contributed by atoms with van der Waals surface area (Å²) in [5.74, 6) is 0.853. The molecule has 2 aromatic heterocycles. The molecular formula is C19H22N4OS. The summed E-state index contributed by atoms with van der Waals surface area (Å²) in [6.45, 7) is 3.41. The van der Waals surface area contributed by atoms with Crippen molar-refractivity contribution in [2.75, 3.05) is 18.4 Å². The summed E-state index contributed by atoms with van der Waals surface area (Å²) in [7, 11) is 0. The first-order valence-electron chi connectivity index (χ1n) is 8.57. The standard InChI is InChI=1S/C19H22N4OS/c1-2-3-10-20-16(24)9-11-21-18-17-15(14-7-5-4-6-8-14)12-25-19(17)23-13-22-18/h4-8,12-13H,2-3,9-11H2,1H3,(H,20,24)(H,21,22,23). The maximum Gasteiger partial charge on any atom is 0.221 e. The van der Waals surface area contributed by atoms with Crippen LogP contribution in [0.25, 0.3) is 21.3 Å². The van der Waals surface area contributed by atoms with Gasteiger partial charge in [-0.15, -0.1) is 11.3 Å². The number of aromatic nitrogens is 2. The molecule has 3 rings (SSSR count). The number of rotatable bonds is 8. The van der Waals surface area contributed by atoms with E-state index in [1.165, 1.54) is 0 Å². The Kier molecular flexibility index (Phi) is 5.95. The number of nitrogens with one attached hydrogen (secondary N) is 2. The number of fused-ring (bicyclic) bond motifs is 1. The van der Waals surface area contributed by atoms with E-state index in [2.05, 4.69) is 45.0 Å². The molecule has 0 aliphatic rings. The van der Waals surface area contributed by atoms with Crippen molar-refractivity contribution in [3.05, 3.63) is 42.0 Å². The van der Waals surface area contributed by atoms with E-state index >= 15 is 0 Å². The lowest BCUT2D eigenvalue weighted by Crippen LogP contribution is -2.26. The van der Waals surface area contributed by atoms with E-state index in [-0.39, 0.29) is 5.91 Å². The Labute approximate surface area is 151 Å². The lowest BCUT2D eigenvalue weighted by atomic mass is 10.1. The van der Waals surface area contributed by atoms with Crippen molar-refractivity contribution in [3.8, 4) is 11.1 Å². The van der Waals surface area contributed by atoms with Crippen molar-refractivity contribution in [1.29, 1.82) is 0 Å². The number of hydrogen-bond donors (Lipinski definition) is 2. The smallest absolute Gasteiger partial charge is 0.221 e. The van der Waals surface area contributed by atoms with Gasteiger partial charge in [-0.05, 0) is 12.0 Å². The Hall–Kier alpha value is -2.47. The highest BCUT2D eigenvalue weighted by Gasteiger charge is 2.13.